The third-order valence-corrected chi connectivity index (χ3v) is 3.37. The van der Waals surface area contributed by atoms with E-state index in [1.807, 2.05) is 32.9 Å². The average molecular weight is 298 g/mol. The number of aryl methyl sites for hydroxylation is 1. The molecule has 0 bridgehead atoms. The predicted octanol–water partition coefficient (Wildman–Crippen LogP) is 5.89. The Morgan fingerprint density at radius 2 is 1.64 bits per heavy atom. The van der Waals surface area contributed by atoms with Gasteiger partial charge >= 0.3 is 0 Å². The molecule has 2 rings (SSSR count). The summed E-state index contributed by atoms with van der Waals surface area (Å²) in [6, 6.07) is 14.6. The van der Waals surface area contributed by atoms with Crippen LogP contribution in [0.1, 0.15) is 51.7 Å². The van der Waals surface area contributed by atoms with Crippen molar-refractivity contribution in [3.05, 3.63) is 53.6 Å². The molecule has 0 aliphatic carbocycles. The van der Waals surface area contributed by atoms with Gasteiger partial charge in [0.25, 0.3) is 0 Å². The molecule has 2 aromatic carbocycles. The summed E-state index contributed by atoms with van der Waals surface area (Å²) in [5.74, 6) is 1.18. The molecule has 0 amide bonds. The zero-order valence-electron chi connectivity index (χ0n) is 14.4. The van der Waals surface area contributed by atoms with Crippen LogP contribution in [0.15, 0.2) is 42.5 Å². The first-order valence-corrected chi connectivity index (χ1v) is 7.83. The molecule has 0 aliphatic heterocycles. The highest BCUT2D eigenvalue weighted by Crippen LogP contribution is 2.38. The lowest BCUT2D eigenvalue weighted by atomic mass is 9.91. The molecule has 0 N–H and O–H groups in total. The van der Waals surface area contributed by atoms with Crippen molar-refractivity contribution < 1.29 is 9.78 Å². The van der Waals surface area contributed by atoms with Crippen LogP contribution in [0, 0.1) is 6.92 Å². The van der Waals surface area contributed by atoms with Crippen molar-refractivity contribution in [1.82, 2.24) is 0 Å². The minimum absolute atomic E-state index is 0.349. The summed E-state index contributed by atoms with van der Waals surface area (Å²) in [7, 11) is 0. The van der Waals surface area contributed by atoms with E-state index in [0.717, 1.165) is 16.9 Å². The first-order valence-electron chi connectivity index (χ1n) is 7.83. The first-order chi connectivity index (χ1) is 10.3. The van der Waals surface area contributed by atoms with Gasteiger partial charge in [-0.25, -0.2) is 0 Å². The highest BCUT2D eigenvalue weighted by molar-refractivity contribution is 5.75. The van der Waals surface area contributed by atoms with E-state index in [-0.39, 0.29) is 5.60 Å². The van der Waals surface area contributed by atoms with Gasteiger partial charge in [0, 0.05) is 5.56 Å². The van der Waals surface area contributed by atoms with Crippen molar-refractivity contribution in [3.8, 4) is 16.9 Å². The van der Waals surface area contributed by atoms with Crippen LogP contribution in [0.25, 0.3) is 11.1 Å². The monoisotopic (exact) mass is 298 g/mol. The van der Waals surface area contributed by atoms with Gasteiger partial charge in [0.05, 0.1) is 0 Å². The van der Waals surface area contributed by atoms with Crippen LogP contribution in [0.4, 0.5) is 0 Å². The van der Waals surface area contributed by atoms with Gasteiger partial charge in [-0.1, -0.05) is 55.8 Å². The molecule has 0 aliphatic rings. The van der Waals surface area contributed by atoms with E-state index in [2.05, 4.69) is 51.1 Å². The van der Waals surface area contributed by atoms with E-state index in [1.165, 1.54) is 11.1 Å². The standard InChI is InChI=1S/C20H26O2/c1-14(2)17-11-8-12-18(21-22-20(4,5)6)19(17)16-10-7-9-15(3)13-16/h7-14H,1-6H3. The zero-order valence-corrected chi connectivity index (χ0v) is 14.4. The molecule has 118 valence electrons. The van der Waals surface area contributed by atoms with Gasteiger partial charge in [-0.3, -0.25) is 0 Å². The average Bonchev–Trinajstić information content (AvgIpc) is 2.43. The molecule has 0 unspecified atom stereocenters. The lowest BCUT2D eigenvalue weighted by Gasteiger charge is -2.21. The van der Waals surface area contributed by atoms with Gasteiger partial charge in [0.15, 0.2) is 5.75 Å². The van der Waals surface area contributed by atoms with Crippen molar-refractivity contribution in [1.29, 1.82) is 0 Å². The van der Waals surface area contributed by atoms with Crippen molar-refractivity contribution in [3.63, 3.8) is 0 Å². The summed E-state index contributed by atoms with van der Waals surface area (Å²) < 4.78 is 0. The van der Waals surface area contributed by atoms with Crippen molar-refractivity contribution >= 4 is 0 Å². The minimum Gasteiger partial charge on any atom is -0.336 e. The third-order valence-electron chi connectivity index (χ3n) is 3.37. The van der Waals surface area contributed by atoms with E-state index in [1.54, 1.807) is 0 Å². The molecule has 0 spiro atoms. The Balaban J connectivity index is 2.52. The number of hydrogen-bond acceptors (Lipinski definition) is 2. The molecule has 2 aromatic rings. The molecule has 0 fully saturated rings. The molecule has 0 aromatic heterocycles. The molecule has 0 saturated carbocycles. The quantitative estimate of drug-likeness (QED) is 0.517. The number of hydrogen-bond donors (Lipinski definition) is 0. The fraction of sp³-hybridized carbons (Fsp3) is 0.400. The minimum atomic E-state index is -0.349. The molecule has 0 atom stereocenters. The van der Waals surface area contributed by atoms with E-state index in [9.17, 15) is 0 Å². The van der Waals surface area contributed by atoms with E-state index in [4.69, 9.17) is 9.78 Å². The highest BCUT2D eigenvalue weighted by atomic mass is 17.2. The molecular formula is C20H26O2. The van der Waals surface area contributed by atoms with Crippen LogP contribution in [-0.2, 0) is 4.89 Å². The largest absolute Gasteiger partial charge is 0.336 e. The maximum atomic E-state index is 5.69. The van der Waals surface area contributed by atoms with Crippen LogP contribution < -0.4 is 4.89 Å². The van der Waals surface area contributed by atoms with Gasteiger partial charge in [-0.2, -0.15) is 4.89 Å². The lowest BCUT2D eigenvalue weighted by molar-refractivity contribution is -0.274. The second-order valence-electron chi connectivity index (χ2n) is 7.02. The SMILES string of the molecule is Cc1cccc(-c2c(OOC(C)(C)C)cccc2C(C)C)c1. The van der Waals surface area contributed by atoms with Crippen LogP contribution in [-0.4, -0.2) is 5.60 Å². The van der Waals surface area contributed by atoms with Gasteiger partial charge in [-0.15, -0.1) is 0 Å². The summed E-state index contributed by atoms with van der Waals surface area (Å²) >= 11 is 0. The number of benzene rings is 2. The summed E-state index contributed by atoms with van der Waals surface area (Å²) in [5.41, 5.74) is 4.43. The topological polar surface area (TPSA) is 18.5 Å². The van der Waals surface area contributed by atoms with Gasteiger partial charge in [0.1, 0.15) is 5.60 Å². The molecule has 22 heavy (non-hydrogen) atoms. The van der Waals surface area contributed by atoms with E-state index < -0.39 is 0 Å². The maximum Gasteiger partial charge on any atom is 0.173 e. The van der Waals surface area contributed by atoms with Crippen LogP contribution in [0.2, 0.25) is 0 Å². The van der Waals surface area contributed by atoms with Gasteiger partial charge < -0.3 is 4.89 Å². The summed E-state index contributed by atoms with van der Waals surface area (Å²) in [6.45, 7) is 12.4. The molecule has 0 heterocycles. The Hall–Kier alpha value is -1.80. The van der Waals surface area contributed by atoms with Crippen molar-refractivity contribution in [2.75, 3.05) is 0 Å². The Labute approximate surface area is 134 Å². The van der Waals surface area contributed by atoms with Crippen LogP contribution in [0.3, 0.4) is 0 Å². The normalized spacial score (nSPS) is 11.8. The fourth-order valence-corrected chi connectivity index (χ4v) is 2.38. The molecular weight excluding hydrogens is 272 g/mol. The van der Waals surface area contributed by atoms with Crippen LogP contribution >= 0.6 is 0 Å². The van der Waals surface area contributed by atoms with Crippen molar-refractivity contribution in [2.24, 2.45) is 0 Å². The number of rotatable bonds is 4. The van der Waals surface area contributed by atoms with E-state index in [0.29, 0.717) is 5.92 Å². The van der Waals surface area contributed by atoms with Crippen molar-refractivity contribution in [2.45, 2.75) is 53.1 Å². The molecule has 0 radical (unpaired) electrons. The lowest BCUT2D eigenvalue weighted by Crippen LogP contribution is -2.21. The molecule has 2 heteroatoms. The summed E-state index contributed by atoms with van der Waals surface area (Å²) in [4.78, 5) is 11.2. The smallest absolute Gasteiger partial charge is 0.173 e. The Kier molecular flexibility index (Phi) is 4.92. The summed E-state index contributed by atoms with van der Waals surface area (Å²) in [6.07, 6.45) is 0. The second-order valence-corrected chi connectivity index (χ2v) is 7.02. The zero-order chi connectivity index (χ0) is 16.3. The fourth-order valence-electron chi connectivity index (χ4n) is 2.38. The Bertz CT molecular complexity index is 636. The maximum absolute atomic E-state index is 5.69. The van der Waals surface area contributed by atoms with Crippen LogP contribution in [0.5, 0.6) is 5.75 Å². The third kappa shape index (κ3) is 4.11. The van der Waals surface area contributed by atoms with Gasteiger partial charge in [-0.05, 0) is 50.8 Å². The molecule has 0 saturated heterocycles. The molecule has 2 nitrogen and oxygen atoms in total. The Morgan fingerprint density at radius 3 is 2.23 bits per heavy atom. The van der Waals surface area contributed by atoms with Gasteiger partial charge in [0.2, 0.25) is 0 Å². The second kappa shape index (κ2) is 6.53. The highest BCUT2D eigenvalue weighted by Gasteiger charge is 2.18. The Morgan fingerprint density at radius 1 is 0.955 bits per heavy atom. The predicted molar refractivity (Wildman–Crippen MR) is 92.2 cm³/mol. The first kappa shape index (κ1) is 16.6. The summed E-state index contributed by atoms with van der Waals surface area (Å²) in [5, 5.41) is 0. The van der Waals surface area contributed by atoms with E-state index >= 15 is 0 Å².